The minimum Gasteiger partial charge on any atom is -0.316 e. The van der Waals surface area contributed by atoms with Crippen molar-refractivity contribution in [3.63, 3.8) is 0 Å². The van der Waals surface area contributed by atoms with Gasteiger partial charge in [0.15, 0.2) is 0 Å². The topological polar surface area (TPSA) is 49.4 Å². The second kappa shape index (κ2) is 6.01. The Labute approximate surface area is 135 Å². The number of nitrogens with zero attached hydrogens (tertiary/aromatic N) is 1. The van der Waals surface area contributed by atoms with Gasteiger partial charge in [0.2, 0.25) is 10.0 Å². The number of sulfonamides is 1. The van der Waals surface area contributed by atoms with Crippen LogP contribution in [0.25, 0.3) is 0 Å². The standard InChI is InChI=1S/C13H16ClFN2O2S.ClH/c14-10-1-2-12(11(15)7-10)20(18,19)17-6-4-13(9-17)3-5-16-8-13;/h1-2,7,16H,3-6,8-9H2;1H. The molecule has 1 unspecified atom stereocenters. The number of hydrogen-bond donors (Lipinski definition) is 1. The molecule has 8 heteroatoms. The molecule has 0 aromatic heterocycles. The maximum Gasteiger partial charge on any atom is 0.246 e. The molecule has 1 spiro atoms. The van der Waals surface area contributed by atoms with Gasteiger partial charge in [-0.25, -0.2) is 12.8 Å². The van der Waals surface area contributed by atoms with Gasteiger partial charge < -0.3 is 5.32 Å². The third-order valence-electron chi connectivity index (χ3n) is 4.25. The quantitative estimate of drug-likeness (QED) is 0.886. The Hall–Kier alpha value is -0.400. The van der Waals surface area contributed by atoms with Crippen molar-refractivity contribution < 1.29 is 12.8 Å². The van der Waals surface area contributed by atoms with Crippen LogP contribution in [0.4, 0.5) is 4.39 Å². The van der Waals surface area contributed by atoms with Crippen molar-refractivity contribution in [3.05, 3.63) is 29.0 Å². The first kappa shape index (κ1) is 17.0. The van der Waals surface area contributed by atoms with Crippen LogP contribution in [-0.4, -0.2) is 38.9 Å². The van der Waals surface area contributed by atoms with Crippen LogP contribution in [0.3, 0.4) is 0 Å². The normalized spacial score (nSPS) is 26.2. The van der Waals surface area contributed by atoms with Crippen molar-refractivity contribution in [2.45, 2.75) is 17.7 Å². The molecule has 0 radical (unpaired) electrons. The van der Waals surface area contributed by atoms with Crippen LogP contribution in [0.2, 0.25) is 5.02 Å². The smallest absolute Gasteiger partial charge is 0.246 e. The fourth-order valence-electron chi connectivity index (χ4n) is 3.07. The average molecular weight is 355 g/mol. The van der Waals surface area contributed by atoms with E-state index in [1.54, 1.807) is 0 Å². The van der Waals surface area contributed by atoms with Crippen molar-refractivity contribution in [3.8, 4) is 0 Å². The van der Waals surface area contributed by atoms with Crippen molar-refractivity contribution in [1.29, 1.82) is 0 Å². The second-order valence-corrected chi connectivity index (χ2v) is 7.93. The van der Waals surface area contributed by atoms with E-state index in [0.29, 0.717) is 13.1 Å². The van der Waals surface area contributed by atoms with Gasteiger partial charge >= 0.3 is 0 Å². The van der Waals surface area contributed by atoms with Gasteiger partial charge in [0.1, 0.15) is 10.7 Å². The molecule has 21 heavy (non-hydrogen) atoms. The zero-order valence-corrected chi connectivity index (χ0v) is 13.7. The van der Waals surface area contributed by atoms with Crippen molar-refractivity contribution in [2.75, 3.05) is 26.2 Å². The van der Waals surface area contributed by atoms with Crippen LogP contribution in [0.1, 0.15) is 12.8 Å². The van der Waals surface area contributed by atoms with Gasteiger partial charge in [-0.1, -0.05) is 11.6 Å². The van der Waals surface area contributed by atoms with E-state index in [-0.39, 0.29) is 27.7 Å². The number of benzene rings is 1. The van der Waals surface area contributed by atoms with Crippen LogP contribution >= 0.6 is 24.0 Å². The fraction of sp³-hybridized carbons (Fsp3) is 0.538. The summed E-state index contributed by atoms with van der Waals surface area (Å²) in [5.41, 5.74) is 0.0238. The predicted octanol–water partition coefficient (Wildman–Crippen LogP) is 2.28. The Balaban J connectivity index is 0.00000161. The summed E-state index contributed by atoms with van der Waals surface area (Å²) in [6.45, 7) is 2.67. The number of halogens is 3. The highest BCUT2D eigenvalue weighted by molar-refractivity contribution is 7.89. The van der Waals surface area contributed by atoms with Crippen LogP contribution in [0.15, 0.2) is 23.1 Å². The van der Waals surface area contributed by atoms with E-state index < -0.39 is 15.8 Å². The summed E-state index contributed by atoms with van der Waals surface area (Å²) in [7, 11) is -3.78. The Kier molecular flexibility index (Phi) is 4.85. The highest BCUT2D eigenvalue weighted by atomic mass is 35.5. The van der Waals surface area contributed by atoms with Gasteiger partial charge in [-0.3, -0.25) is 0 Å². The van der Waals surface area contributed by atoms with E-state index in [9.17, 15) is 12.8 Å². The van der Waals surface area contributed by atoms with Gasteiger partial charge in [0.25, 0.3) is 0 Å². The lowest BCUT2D eigenvalue weighted by molar-refractivity contribution is 0.337. The van der Waals surface area contributed by atoms with Crippen molar-refractivity contribution >= 4 is 34.0 Å². The van der Waals surface area contributed by atoms with Crippen LogP contribution in [0.5, 0.6) is 0 Å². The minimum absolute atomic E-state index is 0. The first-order chi connectivity index (χ1) is 9.43. The van der Waals surface area contributed by atoms with E-state index >= 15 is 0 Å². The summed E-state index contributed by atoms with van der Waals surface area (Å²) in [5.74, 6) is -0.789. The molecule has 1 aromatic rings. The zero-order chi connectivity index (χ0) is 14.4. The third kappa shape index (κ3) is 3.05. The maximum absolute atomic E-state index is 13.9. The fourth-order valence-corrected chi connectivity index (χ4v) is 4.82. The lowest BCUT2D eigenvalue weighted by atomic mass is 9.87. The molecule has 0 bridgehead atoms. The van der Waals surface area contributed by atoms with Crippen molar-refractivity contribution in [2.24, 2.45) is 5.41 Å². The van der Waals surface area contributed by atoms with Gasteiger partial charge in [-0.15, -0.1) is 12.4 Å². The highest BCUT2D eigenvalue weighted by Crippen LogP contribution is 2.38. The lowest BCUT2D eigenvalue weighted by Crippen LogP contribution is -2.33. The predicted molar refractivity (Wildman–Crippen MR) is 82.0 cm³/mol. The van der Waals surface area contributed by atoms with Crippen LogP contribution < -0.4 is 5.32 Å². The summed E-state index contributed by atoms with van der Waals surface area (Å²) in [6, 6.07) is 3.68. The molecule has 2 saturated heterocycles. The Morgan fingerprint density at radius 2 is 2.10 bits per heavy atom. The van der Waals surface area contributed by atoms with E-state index in [1.165, 1.54) is 16.4 Å². The second-order valence-electron chi connectivity index (χ2n) is 5.59. The first-order valence-electron chi connectivity index (χ1n) is 6.59. The molecule has 118 valence electrons. The molecule has 2 aliphatic rings. The van der Waals surface area contributed by atoms with E-state index in [0.717, 1.165) is 32.0 Å². The molecule has 0 amide bonds. The summed E-state index contributed by atoms with van der Waals surface area (Å²) in [5, 5.41) is 3.47. The summed E-state index contributed by atoms with van der Waals surface area (Å²) in [6.07, 6.45) is 1.80. The molecule has 2 heterocycles. The maximum atomic E-state index is 13.9. The molecule has 4 nitrogen and oxygen atoms in total. The number of rotatable bonds is 2. The molecule has 1 aromatic carbocycles. The molecule has 0 saturated carbocycles. The molecule has 1 N–H and O–H groups in total. The molecular weight excluding hydrogens is 338 g/mol. The Morgan fingerprint density at radius 1 is 1.33 bits per heavy atom. The van der Waals surface area contributed by atoms with E-state index in [2.05, 4.69) is 5.32 Å². The Morgan fingerprint density at radius 3 is 2.71 bits per heavy atom. The highest BCUT2D eigenvalue weighted by Gasteiger charge is 2.44. The zero-order valence-electron chi connectivity index (χ0n) is 11.3. The summed E-state index contributed by atoms with van der Waals surface area (Å²) in [4.78, 5) is -0.287. The first-order valence-corrected chi connectivity index (χ1v) is 8.41. The molecule has 2 aliphatic heterocycles. The van der Waals surface area contributed by atoms with Crippen molar-refractivity contribution in [1.82, 2.24) is 9.62 Å². The SMILES string of the molecule is Cl.O=S(=O)(c1ccc(Cl)cc1F)N1CCC2(CCNC2)C1. The lowest BCUT2D eigenvalue weighted by Gasteiger charge is -2.22. The summed E-state index contributed by atoms with van der Waals surface area (Å²) < 4.78 is 40.3. The van der Waals surface area contributed by atoms with Crippen LogP contribution in [0, 0.1) is 11.2 Å². The van der Waals surface area contributed by atoms with Gasteiger partial charge in [0.05, 0.1) is 0 Å². The summed E-state index contributed by atoms with van der Waals surface area (Å²) >= 11 is 5.67. The minimum atomic E-state index is -3.78. The Bertz CT molecular complexity index is 633. The average Bonchev–Trinajstić information content (AvgIpc) is 3.00. The number of nitrogens with one attached hydrogen (secondary N) is 1. The molecular formula is C13H17Cl2FN2O2S. The van der Waals surface area contributed by atoms with E-state index in [1.807, 2.05) is 0 Å². The molecule has 2 fully saturated rings. The molecule has 3 rings (SSSR count). The van der Waals surface area contributed by atoms with Gasteiger partial charge in [-0.2, -0.15) is 4.31 Å². The van der Waals surface area contributed by atoms with E-state index in [4.69, 9.17) is 11.6 Å². The largest absolute Gasteiger partial charge is 0.316 e. The van der Waals surface area contributed by atoms with Crippen LogP contribution in [-0.2, 0) is 10.0 Å². The van der Waals surface area contributed by atoms with Gasteiger partial charge in [-0.05, 0) is 43.0 Å². The third-order valence-corrected chi connectivity index (χ3v) is 6.36. The molecule has 0 aliphatic carbocycles. The van der Waals surface area contributed by atoms with Gasteiger partial charge in [0, 0.05) is 24.7 Å². The number of hydrogen-bond acceptors (Lipinski definition) is 3. The molecule has 1 atom stereocenters. The monoisotopic (exact) mass is 354 g/mol.